The molecular formula is C73H58O2Si. The second-order valence-corrected chi connectivity index (χ2v) is 28.3. The van der Waals surface area contributed by atoms with E-state index < -0.39 is 8.07 Å². The quantitative estimate of drug-likeness (QED) is 0.129. The molecule has 0 saturated heterocycles. The van der Waals surface area contributed by atoms with Gasteiger partial charge in [0.2, 0.25) is 0 Å². The number of hydrogen-bond donors (Lipinski definition) is 0. The van der Waals surface area contributed by atoms with Crippen LogP contribution in [-0.2, 0) is 16.2 Å². The summed E-state index contributed by atoms with van der Waals surface area (Å²) in [7, 11) is -2.00. The van der Waals surface area contributed by atoms with Crippen molar-refractivity contribution in [3.8, 4) is 89.8 Å². The van der Waals surface area contributed by atoms with E-state index in [-0.39, 0.29) is 16.2 Å². The zero-order valence-corrected chi connectivity index (χ0v) is 45.4. The van der Waals surface area contributed by atoms with Crippen LogP contribution in [0.1, 0.15) is 74.9 Å². The number of para-hydroxylation sites is 2. The van der Waals surface area contributed by atoms with Gasteiger partial charge >= 0.3 is 0 Å². The van der Waals surface area contributed by atoms with E-state index in [4.69, 9.17) is 9.47 Å². The van der Waals surface area contributed by atoms with E-state index in [1.807, 2.05) is 0 Å². The molecular weight excluding hydrogens is 937 g/mol. The van der Waals surface area contributed by atoms with E-state index in [2.05, 4.69) is 261 Å². The van der Waals surface area contributed by atoms with Crippen LogP contribution in [0.3, 0.4) is 0 Å². The second-order valence-electron chi connectivity index (χ2n) is 23.9. The Bertz CT molecular complexity index is 4050. The number of benzene rings is 11. The van der Waals surface area contributed by atoms with Crippen molar-refractivity contribution >= 4 is 40.0 Å². The van der Waals surface area contributed by atoms with Crippen molar-refractivity contribution in [2.24, 2.45) is 0 Å². The molecule has 0 unspecified atom stereocenters. The predicted octanol–water partition coefficient (Wildman–Crippen LogP) is 18.6. The van der Waals surface area contributed by atoms with E-state index in [9.17, 15) is 0 Å². The molecule has 2 aliphatic carbocycles. The minimum atomic E-state index is -2.00. The van der Waals surface area contributed by atoms with Gasteiger partial charge < -0.3 is 9.47 Å². The van der Waals surface area contributed by atoms with Crippen LogP contribution in [0.15, 0.2) is 206 Å². The predicted molar refractivity (Wildman–Crippen MR) is 320 cm³/mol. The molecule has 2 heterocycles. The summed E-state index contributed by atoms with van der Waals surface area (Å²) < 4.78 is 13.8. The molecule has 0 amide bonds. The van der Waals surface area contributed by atoms with Crippen LogP contribution >= 0.6 is 0 Å². The first-order valence-corrected chi connectivity index (χ1v) is 30.1. The molecule has 366 valence electrons. The zero-order valence-electron chi connectivity index (χ0n) is 44.4. The lowest BCUT2D eigenvalue weighted by Gasteiger charge is -2.36. The normalized spacial score (nSPS) is 16.0. The smallest absolute Gasteiger partial charge is 0.139 e. The largest absolute Gasteiger partial charge is 0.457 e. The molecule has 2 aliphatic heterocycles. The Balaban J connectivity index is 0.889. The van der Waals surface area contributed by atoms with Crippen LogP contribution in [0.4, 0.5) is 0 Å². The van der Waals surface area contributed by atoms with E-state index >= 15 is 0 Å². The Morgan fingerprint density at radius 2 is 0.724 bits per heavy atom. The summed E-state index contributed by atoms with van der Waals surface area (Å²) in [6.07, 6.45) is 0. The van der Waals surface area contributed by atoms with Crippen LogP contribution in [-0.4, -0.2) is 8.07 Å². The van der Waals surface area contributed by atoms with Crippen molar-refractivity contribution in [3.05, 3.63) is 240 Å². The van der Waals surface area contributed by atoms with Gasteiger partial charge in [0.05, 0.1) is 0 Å². The van der Waals surface area contributed by atoms with Crippen molar-refractivity contribution in [2.75, 3.05) is 0 Å². The van der Waals surface area contributed by atoms with Crippen LogP contribution in [0.25, 0.3) is 88.3 Å². The van der Waals surface area contributed by atoms with Crippen LogP contribution < -0.4 is 19.8 Å². The molecule has 2 nitrogen and oxygen atoms in total. The Hall–Kier alpha value is -8.24. The SMILES string of the molecule is CC1(C)c2ccccc2Oc2c1ccc1c2-c2ccc(-c3ccc4c(-c5ccccc5)c5cc(-c6ccc7c(c6)C(C)(C)c6ccc8c(c6-7)Oc6ccccc6[Si]8(C)C)ccc5c(-c5ccccc5)c4c3)cc2C1(C)C. The maximum Gasteiger partial charge on any atom is 0.139 e. The summed E-state index contributed by atoms with van der Waals surface area (Å²) >= 11 is 0. The Kier molecular flexibility index (Phi) is 9.31. The Morgan fingerprint density at radius 3 is 1.30 bits per heavy atom. The molecule has 0 saturated carbocycles. The van der Waals surface area contributed by atoms with E-state index in [1.54, 1.807) is 0 Å². The molecule has 11 aromatic carbocycles. The van der Waals surface area contributed by atoms with Gasteiger partial charge in [-0.3, -0.25) is 0 Å². The molecule has 76 heavy (non-hydrogen) atoms. The summed E-state index contributed by atoms with van der Waals surface area (Å²) in [5.41, 5.74) is 22.0. The van der Waals surface area contributed by atoms with E-state index in [0.717, 1.165) is 23.0 Å². The number of hydrogen-bond acceptors (Lipinski definition) is 2. The Labute approximate surface area is 447 Å². The standard InChI is InChI=1S/C73H58O2Si/c1-71(2)55-23-15-16-24-61(55)74-69-58(71)36-35-56-67(69)51-33-29-47(41-59(51)72(56,3)4)45-27-31-49-53(39-45)65(43-19-11-9-12-20-43)50-32-28-46(40-54(50)66(49)44-21-13-10-14-22-44)48-30-34-52-60(42-48)73(5,6)57-37-38-64-70(68(52)57)75-62-25-17-18-26-63(62)76(64,7)8/h9-42H,1-8H3. The lowest BCUT2D eigenvalue weighted by atomic mass is 9.74. The average molecular weight is 995 g/mol. The highest BCUT2D eigenvalue weighted by atomic mass is 28.3. The molecule has 11 aromatic rings. The fourth-order valence-corrected chi connectivity index (χ4v) is 17.0. The van der Waals surface area contributed by atoms with Gasteiger partial charge in [-0.2, -0.15) is 0 Å². The van der Waals surface area contributed by atoms with E-state index in [1.165, 1.54) is 132 Å². The van der Waals surface area contributed by atoms with Crippen molar-refractivity contribution in [2.45, 2.75) is 70.9 Å². The van der Waals surface area contributed by atoms with Gasteiger partial charge in [-0.15, -0.1) is 0 Å². The minimum Gasteiger partial charge on any atom is -0.457 e. The number of rotatable bonds is 4. The molecule has 0 bridgehead atoms. The van der Waals surface area contributed by atoms with Gasteiger partial charge in [-0.05, 0) is 146 Å². The Morgan fingerprint density at radius 1 is 0.289 bits per heavy atom. The molecule has 0 spiro atoms. The first kappa shape index (κ1) is 45.2. The first-order chi connectivity index (χ1) is 36.7. The van der Waals surface area contributed by atoms with Crippen LogP contribution in [0, 0.1) is 0 Å². The van der Waals surface area contributed by atoms with Gasteiger partial charge in [0.15, 0.2) is 0 Å². The number of fused-ring (bicyclic) bond motifs is 14. The second kappa shape index (κ2) is 15.7. The topological polar surface area (TPSA) is 18.5 Å². The molecule has 3 heteroatoms. The van der Waals surface area contributed by atoms with Crippen LogP contribution in [0.5, 0.6) is 23.0 Å². The first-order valence-electron chi connectivity index (χ1n) is 27.1. The molecule has 15 rings (SSSR count). The molecule has 0 N–H and O–H groups in total. The van der Waals surface area contributed by atoms with Crippen molar-refractivity contribution in [1.82, 2.24) is 0 Å². The minimum absolute atomic E-state index is 0.187. The highest BCUT2D eigenvalue weighted by molar-refractivity contribution is 7.01. The highest BCUT2D eigenvalue weighted by Gasteiger charge is 2.45. The molecule has 0 fully saturated rings. The van der Waals surface area contributed by atoms with Crippen molar-refractivity contribution < 1.29 is 9.47 Å². The van der Waals surface area contributed by atoms with Crippen molar-refractivity contribution in [1.29, 1.82) is 0 Å². The summed E-state index contributed by atoms with van der Waals surface area (Å²) in [5.74, 6) is 4.02. The maximum atomic E-state index is 6.94. The monoisotopic (exact) mass is 994 g/mol. The zero-order chi connectivity index (χ0) is 51.6. The summed E-state index contributed by atoms with van der Waals surface area (Å²) in [6.45, 7) is 19.1. The average Bonchev–Trinajstić information content (AvgIpc) is 3.89. The van der Waals surface area contributed by atoms with Crippen LogP contribution in [0.2, 0.25) is 13.1 Å². The lowest BCUT2D eigenvalue weighted by molar-refractivity contribution is 0.419. The van der Waals surface area contributed by atoms with Crippen molar-refractivity contribution in [3.63, 3.8) is 0 Å². The summed E-state index contributed by atoms with van der Waals surface area (Å²) in [5, 5.41) is 7.70. The number of ether oxygens (including phenoxy) is 2. The fourth-order valence-electron chi connectivity index (χ4n) is 14.2. The molecule has 0 radical (unpaired) electrons. The van der Waals surface area contributed by atoms with E-state index in [0.29, 0.717) is 0 Å². The third-order valence-corrected chi connectivity index (χ3v) is 21.9. The lowest BCUT2D eigenvalue weighted by Crippen LogP contribution is -2.56. The summed E-state index contributed by atoms with van der Waals surface area (Å²) in [6, 6.07) is 77.5. The highest BCUT2D eigenvalue weighted by Crippen LogP contribution is 2.60. The van der Waals surface area contributed by atoms with Gasteiger partial charge in [-0.1, -0.05) is 224 Å². The van der Waals surface area contributed by atoms with Gasteiger partial charge in [0.1, 0.15) is 31.1 Å². The summed E-state index contributed by atoms with van der Waals surface area (Å²) in [4.78, 5) is 0. The third-order valence-electron chi connectivity index (χ3n) is 18.4. The molecule has 0 aromatic heterocycles. The van der Waals surface area contributed by atoms with Gasteiger partial charge in [-0.25, -0.2) is 0 Å². The molecule has 0 atom stereocenters. The van der Waals surface area contributed by atoms with Gasteiger partial charge in [0.25, 0.3) is 0 Å². The molecule has 4 aliphatic rings. The fraction of sp³-hybridized carbons (Fsp3) is 0.151. The third kappa shape index (κ3) is 6.15. The maximum absolute atomic E-state index is 6.94. The van der Waals surface area contributed by atoms with Gasteiger partial charge in [0, 0.05) is 38.5 Å².